The van der Waals surface area contributed by atoms with Crippen LogP contribution in [0.15, 0.2) is 36.8 Å². The Morgan fingerprint density at radius 3 is 2.38 bits per heavy atom. The molecule has 2 aromatic heterocycles. The molecule has 0 aliphatic rings. The standard InChI is InChI=1S/C26H42N3/c1-7-9-11-23(10-8-2)21(5)16-26-17-24(12-14-27-26)22(6)18-29-19-25(20(3)4)13-15-28-29/h12-15,17,19-23H,7-11,16,18H2,1-6H3/q+1. The lowest BCUT2D eigenvalue weighted by atomic mass is 9.83. The Labute approximate surface area is 179 Å². The molecule has 3 unspecified atom stereocenters. The van der Waals surface area contributed by atoms with Crippen molar-refractivity contribution in [3.05, 3.63) is 53.6 Å². The van der Waals surface area contributed by atoms with Crippen LogP contribution in [-0.2, 0) is 13.0 Å². The van der Waals surface area contributed by atoms with E-state index in [4.69, 9.17) is 4.98 Å². The summed E-state index contributed by atoms with van der Waals surface area (Å²) in [5.74, 6) is 2.45. The van der Waals surface area contributed by atoms with Gasteiger partial charge in [-0.3, -0.25) is 4.98 Å². The van der Waals surface area contributed by atoms with Crippen LogP contribution in [0.1, 0.15) is 102 Å². The Bertz CT molecular complexity index is 725. The second-order valence-corrected chi connectivity index (χ2v) is 9.19. The highest BCUT2D eigenvalue weighted by Crippen LogP contribution is 2.27. The second kappa shape index (κ2) is 12.0. The summed E-state index contributed by atoms with van der Waals surface area (Å²) in [6.45, 7) is 14.7. The Balaban J connectivity index is 2.04. The Morgan fingerprint density at radius 2 is 1.69 bits per heavy atom. The Kier molecular flexibility index (Phi) is 9.76. The highest BCUT2D eigenvalue weighted by molar-refractivity contribution is 5.20. The maximum Gasteiger partial charge on any atom is 0.199 e. The van der Waals surface area contributed by atoms with Crippen LogP contribution in [0.2, 0.25) is 0 Å². The van der Waals surface area contributed by atoms with Gasteiger partial charge in [0.05, 0.1) is 6.20 Å². The van der Waals surface area contributed by atoms with Crippen molar-refractivity contribution in [3.8, 4) is 0 Å². The number of pyridine rings is 1. The molecular formula is C26H42N3+. The van der Waals surface area contributed by atoms with Crippen molar-refractivity contribution in [3.63, 3.8) is 0 Å². The first-order valence-corrected chi connectivity index (χ1v) is 11.7. The van der Waals surface area contributed by atoms with Crippen LogP contribution in [0.5, 0.6) is 0 Å². The summed E-state index contributed by atoms with van der Waals surface area (Å²) >= 11 is 0. The van der Waals surface area contributed by atoms with E-state index in [-0.39, 0.29) is 0 Å². The van der Waals surface area contributed by atoms with E-state index in [0.29, 0.717) is 17.8 Å². The van der Waals surface area contributed by atoms with E-state index < -0.39 is 0 Å². The topological polar surface area (TPSA) is 29.7 Å². The van der Waals surface area contributed by atoms with Gasteiger partial charge in [0, 0.05) is 23.4 Å². The quantitative estimate of drug-likeness (QED) is 0.384. The van der Waals surface area contributed by atoms with Gasteiger partial charge in [0.2, 0.25) is 0 Å². The molecule has 0 saturated heterocycles. The Morgan fingerprint density at radius 1 is 0.931 bits per heavy atom. The molecule has 0 aliphatic heterocycles. The van der Waals surface area contributed by atoms with Crippen molar-refractivity contribution in [2.45, 2.75) is 98.4 Å². The third-order valence-corrected chi connectivity index (χ3v) is 6.24. The van der Waals surface area contributed by atoms with Crippen LogP contribution >= 0.6 is 0 Å². The van der Waals surface area contributed by atoms with Crippen LogP contribution in [-0.4, -0.2) is 10.1 Å². The van der Waals surface area contributed by atoms with Crippen molar-refractivity contribution in [1.82, 2.24) is 10.1 Å². The zero-order valence-corrected chi connectivity index (χ0v) is 19.6. The molecule has 160 valence electrons. The molecule has 0 saturated carbocycles. The van der Waals surface area contributed by atoms with Crippen molar-refractivity contribution in [1.29, 1.82) is 0 Å². The van der Waals surface area contributed by atoms with Gasteiger partial charge >= 0.3 is 0 Å². The molecule has 0 N–H and O–H groups in total. The van der Waals surface area contributed by atoms with Crippen molar-refractivity contribution >= 4 is 0 Å². The molecule has 0 aliphatic carbocycles. The highest BCUT2D eigenvalue weighted by Gasteiger charge is 2.19. The summed E-state index contributed by atoms with van der Waals surface area (Å²) in [5.41, 5.74) is 3.95. The third-order valence-electron chi connectivity index (χ3n) is 6.24. The molecule has 3 nitrogen and oxygen atoms in total. The van der Waals surface area contributed by atoms with Gasteiger partial charge in [-0.1, -0.05) is 78.3 Å². The minimum absolute atomic E-state index is 0.415. The zero-order chi connectivity index (χ0) is 21.2. The molecule has 0 bridgehead atoms. The molecule has 2 heterocycles. The SMILES string of the molecule is CCCCC(CCC)C(C)Cc1cc(C(C)C[n+]2cc(C(C)C)ccn2)ccn1. The fourth-order valence-electron chi connectivity index (χ4n) is 4.24. The molecule has 0 fully saturated rings. The predicted octanol–water partition coefficient (Wildman–Crippen LogP) is 6.48. The molecule has 2 aromatic rings. The van der Waals surface area contributed by atoms with Gasteiger partial charge in [0.25, 0.3) is 0 Å². The van der Waals surface area contributed by atoms with E-state index in [0.717, 1.165) is 18.9 Å². The molecule has 0 spiro atoms. The average Bonchev–Trinajstić information content (AvgIpc) is 2.71. The second-order valence-electron chi connectivity index (χ2n) is 9.19. The maximum atomic E-state index is 4.71. The van der Waals surface area contributed by atoms with Crippen LogP contribution < -0.4 is 4.68 Å². The Hall–Kier alpha value is -1.77. The largest absolute Gasteiger partial charge is 0.261 e. The number of hydrogen-bond acceptors (Lipinski definition) is 2. The molecule has 0 amide bonds. The first-order valence-electron chi connectivity index (χ1n) is 11.7. The van der Waals surface area contributed by atoms with Crippen LogP contribution in [0.25, 0.3) is 0 Å². The average molecular weight is 397 g/mol. The molecule has 3 atom stereocenters. The summed E-state index contributed by atoms with van der Waals surface area (Å²) in [6.07, 6.45) is 13.8. The molecule has 2 rings (SSSR count). The summed E-state index contributed by atoms with van der Waals surface area (Å²) in [7, 11) is 0. The lowest BCUT2D eigenvalue weighted by Gasteiger charge is -2.23. The smallest absolute Gasteiger partial charge is 0.199 e. The summed E-state index contributed by atoms with van der Waals surface area (Å²) in [5, 5.41) is 4.53. The lowest BCUT2D eigenvalue weighted by molar-refractivity contribution is -0.756. The third kappa shape index (κ3) is 7.53. The van der Waals surface area contributed by atoms with Crippen LogP contribution in [0.4, 0.5) is 0 Å². The van der Waals surface area contributed by atoms with E-state index >= 15 is 0 Å². The monoisotopic (exact) mass is 396 g/mol. The minimum Gasteiger partial charge on any atom is -0.261 e. The number of aromatic nitrogens is 3. The predicted molar refractivity (Wildman–Crippen MR) is 122 cm³/mol. The van der Waals surface area contributed by atoms with Gasteiger partial charge in [-0.25, -0.2) is 0 Å². The van der Waals surface area contributed by atoms with Gasteiger partial charge in [0.15, 0.2) is 12.7 Å². The number of nitrogens with zero attached hydrogens (tertiary/aromatic N) is 3. The molecule has 29 heavy (non-hydrogen) atoms. The van der Waals surface area contributed by atoms with Crippen LogP contribution in [0, 0.1) is 11.8 Å². The van der Waals surface area contributed by atoms with Gasteiger partial charge in [-0.15, -0.1) is 0 Å². The van der Waals surface area contributed by atoms with E-state index in [1.54, 1.807) is 0 Å². The van der Waals surface area contributed by atoms with Crippen molar-refractivity contribution in [2.75, 3.05) is 0 Å². The van der Waals surface area contributed by atoms with E-state index in [2.05, 4.69) is 75.7 Å². The molecule has 0 aromatic carbocycles. The highest BCUT2D eigenvalue weighted by atomic mass is 15.2. The zero-order valence-electron chi connectivity index (χ0n) is 19.6. The van der Waals surface area contributed by atoms with Crippen molar-refractivity contribution in [2.24, 2.45) is 11.8 Å². The maximum absolute atomic E-state index is 4.71. The van der Waals surface area contributed by atoms with Gasteiger partial charge in [-0.2, -0.15) is 0 Å². The molecule has 3 heteroatoms. The van der Waals surface area contributed by atoms with E-state index in [1.807, 2.05) is 12.4 Å². The van der Waals surface area contributed by atoms with Gasteiger partial charge in [0.1, 0.15) is 0 Å². The first kappa shape index (κ1) is 23.5. The lowest BCUT2D eigenvalue weighted by Crippen LogP contribution is -2.40. The first-order chi connectivity index (χ1) is 13.9. The number of unbranched alkanes of at least 4 members (excludes halogenated alkanes) is 1. The number of hydrogen-bond donors (Lipinski definition) is 0. The van der Waals surface area contributed by atoms with Gasteiger partial charge in [-0.05, 0) is 53.0 Å². The normalized spacial score (nSPS) is 14.7. The fourth-order valence-corrected chi connectivity index (χ4v) is 4.24. The summed E-state index contributed by atoms with van der Waals surface area (Å²) in [4.78, 5) is 4.71. The number of rotatable bonds is 12. The minimum atomic E-state index is 0.415. The van der Waals surface area contributed by atoms with E-state index in [1.165, 1.54) is 48.9 Å². The van der Waals surface area contributed by atoms with Crippen molar-refractivity contribution < 1.29 is 4.68 Å². The summed E-state index contributed by atoms with van der Waals surface area (Å²) < 4.78 is 2.09. The van der Waals surface area contributed by atoms with Crippen LogP contribution in [0.3, 0.4) is 0 Å². The summed E-state index contributed by atoms with van der Waals surface area (Å²) in [6, 6.07) is 6.62. The molecule has 0 radical (unpaired) electrons. The van der Waals surface area contributed by atoms with Gasteiger partial charge < -0.3 is 0 Å². The fraction of sp³-hybridized carbons (Fsp3) is 0.654. The van der Waals surface area contributed by atoms with E-state index in [9.17, 15) is 0 Å². The molecular weight excluding hydrogens is 354 g/mol.